The highest BCUT2D eigenvalue weighted by atomic mass is 19.3. The summed E-state index contributed by atoms with van der Waals surface area (Å²) in [6, 6.07) is 11.4. The molecule has 1 amide bonds. The molecule has 0 bridgehead atoms. The molecule has 0 radical (unpaired) electrons. The Labute approximate surface area is 244 Å². The molecule has 12 nitrogen and oxygen atoms in total. The number of fused-ring (bicyclic) bond motifs is 1. The number of carboxylic acid groups (broad SMARTS) is 1. The van der Waals surface area contributed by atoms with Gasteiger partial charge in [-0.05, 0) is 30.7 Å². The monoisotopic (exact) mass is 596 g/mol. The number of aliphatic hydroxyl groups excluding tert-OH is 1. The third-order valence-electron chi connectivity index (χ3n) is 7.49. The molecule has 0 spiro atoms. The number of anilines is 1. The largest absolute Gasteiger partial charge is 0.481 e. The maximum atomic E-state index is 13.0. The second-order valence-corrected chi connectivity index (χ2v) is 10.3. The van der Waals surface area contributed by atoms with Crippen LogP contribution in [0.5, 0.6) is 5.75 Å². The molecule has 4 aromatic rings. The number of nitrogens with zero attached hydrogens (tertiary/aromatic N) is 6. The van der Waals surface area contributed by atoms with Gasteiger partial charge < -0.3 is 24.7 Å². The summed E-state index contributed by atoms with van der Waals surface area (Å²) < 4.78 is 33.7. The average molecular weight is 597 g/mol. The van der Waals surface area contributed by atoms with E-state index in [0.29, 0.717) is 41.1 Å². The van der Waals surface area contributed by atoms with Crippen LogP contribution in [-0.2, 0) is 23.2 Å². The van der Waals surface area contributed by atoms with Gasteiger partial charge in [-0.1, -0.05) is 24.3 Å². The van der Waals surface area contributed by atoms with E-state index in [0.717, 1.165) is 5.56 Å². The van der Waals surface area contributed by atoms with E-state index in [-0.39, 0.29) is 30.4 Å². The molecule has 43 heavy (non-hydrogen) atoms. The Morgan fingerprint density at radius 3 is 2.49 bits per heavy atom. The zero-order chi connectivity index (χ0) is 30.8. The molecule has 14 heteroatoms. The number of ether oxygens (including phenoxy) is 1. The van der Waals surface area contributed by atoms with Crippen molar-refractivity contribution in [3.8, 4) is 16.9 Å². The first-order chi connectivity index (χ1) is 20.5. The fourth-order valence-electron chi connectivity index (χ4n) is 5.29. The standard InChI is InChI=1S/C29H30F2N6O6/c1-17-15-35(9-10-36(17)27(42)23(38)12-25(39)40)29-32-13-20(14-33-29)18-7-8-21-22(11-18)37(34(2)26(21)41)16-19-5-3-4-6-24(19)43-28(30)31/h3-8,11,13-14,17,23,28,38H,9-10,12,15-16H2,1-2H3,(H,39,40). The van der Waals surface area contributed by atoms with Crippen molar-refractivity contribution in [2.75, 3.05) is 24.5 Å². The Morgan fingerprint density at radius 1 is 1.09 bits per heavy atom. The van der Waals surface area contributed by atoms with Crippen molar-refractivity contribution in [3.63, 3.8) is 0 Å². The van der Waals surface area contributed by atoms with Crippen LogP contribution in [0.25, 0.3) is 22.0 Å². The number of carboxylic acids is 1. The third-order valence-corrected chi connectivity index (χ3v) is 7.49. The number of aliphatic hydroxyl groups is 1. The smallest absolute Gasteiger partial charge is 0.387 e. The highest BCUT2D eigenvalue weighted by Crippen LogP contribution is 2.27. The molecule has 1 saturated heterocycles. The number of aliphatic carboxylic acids is 1. The van der Waals surface area contributed by atoms with Crippen molar-refractivity contribution in [2.45, 2.75) is 38.6 Å². The first-order valence-electron chi connectivity index (χ1n) is 13.5. The van der Waals surface area contributed by atoms with Crippen LogP contribution in [0.4, 0.5) is 14.7 Å². The SMILES string of the molecule is CC1CN(c2ncc(-c3ccc4c(=O)n(C)n(Cc5ccccc5OC(F)F)c4c3)cn2)CCN1C(=O)C(O)CC(=O)O. The molecule has 2 aromatic heterocycles. The van der Waals surface area contributed by atoms with Crippen LogP contribution in [0.1, 0.15) is 18.9 Å². The Kier molecular flexibility index (Phi) is 8.39. The van der Waals surface area contributed by atoms with Crippen molar-refractivity contribution in [1.82, 2.24) is 24.2 Å². The molecule has 0 aliphatic carbocycles. The molecule has 3 heterocycles. The maximum Gasteiger partial charge on any atom is 0.387 e. The van der Waals surface area contributed by atoms with Crippen molar-refractivity contribution in [1.29, 1.82) is 0 Å². The number of carbonyl (C=O) groups excluding carboxylic acids is 1. The normalized spacial score (nSPS) is 16.1. The number of para-hydroxylation sites is 1. The summed E-state index contributed by atoms with van der Waals surface area (Å²) in [6.07, 6.45) is 1.06. The number of hydrogen-bond donors (Lipinski definition) is 2. The van der Waals surface area contributed by atoms with Gasteiger partial charge >= 0.3 is 12.6 Å². The van der Waals surface area contributed by atoms with E-state index < -0.39 is 31.0 Å². The summed E-state index contributed by atoms with van der Waals surface area (Å²) >= 11 is 0. The van der Waals surface area contributed by atoms with Gasteiger partial charge in [0, 0.05) is 56.2 Å². The lowest BCUT2D eigenvalue weighted by Crippen LogP contribution is -2.56. The van der Waals surface area contributed by atoms with Crippen LogP contribution in [0.2, 0.25) is 0 Å². The zero-order valence-corrected chi connectivity index (χ0v) is 23.4. The molecule has 0 saturated carbocycles. The molecule has 1 aliphatic rings. The first kappa shape index (κ1) is 29.6. The minimum atomic E-state index is -2.98. The maximum absolute atomic E-state index is 13.0. The molecule has 2 unspecified atom stereocenters. The Hall–Kier alpha value is -4.85. The van der Waals surface area contributed by atoms with Crippen LogP contribution in [0.3, 0.4) is 0 Å². The summed E-state index contributed by atoms with van der Waals surface area (Å²) in [5.74, 6) is -1.39. The molecule has 5 rings (SSSR count). The van der Waals surface area contributed by atoms with E-state index in [1.165, 1.54) is 15.6 Å². The Morgan fingerprint density at radius 2 is 1.81 bits per heavy atom. The number of halogens is 2. The van der Waals surface area contributed by atoms with Gasteiger partial charge in [-0.2, -0.15) is 8.78 Å². The van der Waals surface area contributed by atoms with Crippen molar-refractivity contribution >= 4 is 28.7 Å². The number of rotatable bonds is 9. The Bertz CT molecular complexity index is 1710. The number of benzene rings is 2. The number of carbonyl (C=O) groups is 2. The van der Waals surface area contributed by atoms with Crippen LogP contribution in [0.15, 0.2) is 59.7 Å². The molecule has 2 N–H and O–H groups in total. The lowest BCUT2D eigenvalue weighted by Gasteiger charge is -2.40. The van der Waals surface area contributed by atoms with E-state index in [1.807, 2.05) is 11.0 Å². The fraction of sp³-hybridized carbons (Fsp3) is 0.345. The highest BCUT2D eigenvalue weighted by Gasteiger charge is 2.32. The number of hydrogen-bond acceptors (Lipinski definition) is 8. The first-order valence-corrected chi connectivity index (χ1v) is 13.5. The van der Waals surface area contributed by atoms with Gasteiger partial charge in [0.1, 0.15) is 11.9 Å². The summed E-state index contributed by atoms with van der Waals surface area (Å²) in [4.78, 5) is 48.7. The molecule has 1 aliphatic heterocycles. The van der Waals surface area contributed by atoms with E-state index in [4.69, 9.17) is 5.11 Å². The van der Waals surface area contributed by atoms with Crippen LogP contribution in [-0.4, -0.2) is 84.7 Å². The minimum Gasteiger partial charge on any atom is -0.481 e. The van der Waals surface area contributed by atoms with Crippen molar-refractivity contribution in [3.05, 3.63) is 70.8 Å². The number of aromatic nitrogens is 4. The van der Waals surface area contributed by atoms with Crippen molar-refractivity contribution in [2.24, 2.45) is 7.05 Å². The van der Waals surface area contributed by atoms with Crippen LogP contribution >= 0.6 is 0 Å². The number of alkyl halides is 2. The summed E-state index contributed by atoms with van der Waals surface area (Å²) in [6.45, 7) is 0.00982. The Balaban J connectivity index is 1.35. The van der Waals surface area contributed by atoms with E-state index in [1.54, 1.807) is 61.4 Å². The van der Waals surface area contributed by atoms with E-state index in [9.17, 15) is 28.3 Å². The third kappa shape index (κ3) is 6.18. The molecular formula is C29H30F2N6O6. The summed E-state index contributed by atoms with van der Waals surface area (Å²) in [5, 5.41) is 19.3. The molecule has 2 aromatic carbocycles. The topological polar surface area (TPSA) is 143 Å². The van der Waals surface area contributed by atoms with E-state index in [2.05, 4.69) is 14.7 Å². The van der Waals surface area contributed by atoms with Gasteiger partial charge in [-0.25, -0.2) is 9.97 Å². The summed E-state index contributed by atoms with van der Waals surface area (Å²) in [7, 11) is 1.61. The number of amides is 1. The van der Waals surface area contributed by atoms with Crippen molar-refractivity contribution < 1.29 is 33.3 Å². The predicted molar refractivity (Wildman–Crippen MR) is 152 cm³/mol. The van der Waals surface area contributed by atoms with E-state index >= 15 is 0 Å². The second kappa shape index (κ2) is 12.2. The van der Waals surface area contributed by atoms with Gasteiger partial charge in [-0.15, -0.1) is 0 Å². The van der Waals surface area contributed by atoms with Crippen LogP contribution in [0, 0.1) is 0 Å². The van der Waals surface area contributed by atoms with Gasteiger partial charge in [0.15, 0.2) is 0 Å². The fourth-order valence-corrected chi connectivity index (χ4v) is 5.29. The molecule has 226 valence electrons. The van der Waals surface area contributed by atoms with Gasteiger partial charge in [0.25, 0.3) is 11.5 Å². The number of piperazine rings is 1. The predicted octanol–water partition coefficient (Wildman–Crippen LogP) is 2.32. The lowest BCUT2D eigenvalue weighted by atomic mass is 10.1. The quantitative estimate of drug-likeness (QED) is 0.298. The minimum absolute atomic E-state index is 0.0305. The highest BCUT2D eigenvalue weighted by molar-refractivity contribution is 5.86. The van der Waals surface area contributed by atoms with Gasteiger partial charge in [0.2, 0.25) is 5.95 Å². The van der Waals surface area contributed by atoms with Gasteiger partial charge in [0.05, 0.1) is 23.9 Å². The molecule has 2 atom stereocenters. The average Bonchev–Trinajstić information content (AvgIpc) is 3.21. The second-order valence-electron chi connectivity index (χ2n) is 10.3. The van der Waals surface area contributed by atoms with Crippen LogP contribution < -0.4 is 15.2 Å². The summed E-state index contributed by atoms with van der Waals surface area (Å²) in [5.41, 5.74) is 2.28. The molecular weight excluding hydrogens is 566 g/mol. The van der Waals surface area contributed by atoms with Gasteiger partial charge in [-0.3, -0.25) is 23.7 Å². The lowest BCUT2D eigenvalue weighted by molar-refractivity contribution is -0.150. The zero-order valence-electron chi connectivity index (χ0n) is 23.4. The molecule has 1 fully saturated rings.